The van der Waals surface area contributed by atoms with Crippen LogP contribution >= 0.6 is 28.6 Å². The molecule has 10 heavy (non-hydrogen) atoms. The van der Waals surface area contributed by atoms with Crippen LogP contribution in [-0.4, -0.2) is 10.9 Å². The van der Waals surface area contributed by atoms with Gasteiger partial charge in [0.25, 0.3) is 0 Å². The van der Waals surface area contributed by atoms with Gasteiger partial charge in [0.05, 0.1) is 0 Å². The summed E-state index contributed by atoms with van der Waals surface area (Å²) in [6.07, 6.45) is 4.49. The van der Waals surface area contributed by atoms with Crippen LogP contribution in [0.4, 0.5) is 0 Å². The van der Waals surface area contributed by atoms with Gasteiger partial charge in [0.1, 0.15) is 0 Å². The average Bonchev–Trinajstić information content (AvgIpc) is 1.91. The van der Waals surface area contributed by atoms with Crippen LogP contribution < -0.4 is 0 Å². The normalized spacial score (nSPS) is 8.50. The fraction of sp³-hybridized carbons (Fsp3) is 0.286. The van der Waals surface area contributed by atoms with Crippen molar-refractivity contribution in [2.24, 2.45) is 0 Å². The molecule has 0 unspecified atom stereocenters. The van der Waals surface area contributed by atoms with Gasteiger partial charge in [-0.3, -0.25) is 4.98 Å². The molecule has 0 aromatic carbocycles. The van der Waals surface area contributed by atoms with Gasteiger partial charge in [-0.1, -0.05) is 0 Å². The van der Waals surface area contributed by atoms with Crippen LogP contribution in [0.15, 0.2) is 24.5 Å². The molecule has 1 heterocycles. The van der Waals surface area contributed by atoms with E-state index in [2.05, 4.69) is 4.98 Å². The highest BCUT2D eigenvalue weighted by molar-refractivity contribution is 8.93. The molecule has 3 heteroatoms. The molecule has 0 saturated heterocycles. The molecular weight excluding hydrogens is 213 g/mol. The van der Waals surface area contributed by atoms with Gasteiger partial charge in [0.15, 0.2) is 0 Å². The third kappa shape index (κ3) is 3.18. The number of halogens is 2. The molecule has 0 amide bonds. The molecule has 0 atom stereocenters. The van der Waals surface area contributed by atoms with Crippen LogP contribution in [0.1, 0.15) is 5.56 Å². The lowest BCUT2D eigenvalue weighted by Gasteiger charge is -1.92. The lowest BCUT2D eigenvalue weighted by Crippen LogP contribution is -1.84. The maximum absolute atomic E-state index is 5.52. The lowest BCUT2D eigenvalue weighted by atomic mass is 10.2. The van der Waals surface area contributed by atoms with Crippen LogP contribution in [0.2, 0.25) is 0 Å². The van der Waals surface area contributed by atoms with Crippen molar-refractivity contribution in [2.75, 3.05) is 5.88 Å². The number of alkyl halides is 1. The summed E-state index contributed by atoms with van der Waals surface area (Å²) in [5, 5.41) is 0. The van der Waals surface area contributed by atoms with Crippen molar-refractivity contribution >= 4 is 28.6 Å². The van der Waals surface area contributed by atoms with Gasteiger partial charge < -0.3 is 0 Å². The van der Waals surface area contributed by atoms with Crippen molar-refractivity contribution < 1.29 is 0 Å². The molecule has 0 bridgehead atoms. The zero-order chi connectivity index (χ0) is 6.53. The molecule has 0 aliphatic carbocycles. The van der Waals surface area contributed by atoms with Crippen LogP contribution in [-0.2, 0) is 6.42 Å². The summed E-state index contributed by atoms with van der Waals surface area (Å²) in [6, 6.07) is 3.95. The van der Waals surface area contributed by atoms with E-state index in [9.17, 15) is 0 Å². The van der Waals surface area contributed by atoms with Gasteiger partial charge in [-0.2, -0.15) is 0 Å². The van der Waals surface area contributed by atoms with Crippen LogP contribution in [0, 0.1) is 0 Å². The molecule has 0 spiro atoms. The quantitative estimate of drug-likeness (QED) is 0.701. The summed E-state index contributed by atoms with van der Waals surface area (Å²) in [5.41, 5.74) is 1.25. The van der Waals surface area contributed by atoms with Crippen molar-refractivity contribution in [3.8, 4) is 0 Å². The SMILES string of the molecule is Br.ClCCc1ccncc1. The molecule has 1 nitrogen and oxygen atoms in total. The molecule has 0 N–H and O–H groups in total. The molecule has 0 fully saturated rings. The fourth-order valence-electron chi connectivity index (χ4n) is 0.659. The minimum Gasteiger partial charge on any atom is -0.265 e. The number of hydrogen-bond acceptors (Lipinski definition) is 1. The van der Waals surface area contributed by atoms with Crippen molar-refractivity contribution in [1.29, 1.82) is 0 Å². The molecule has 0 aliphatic heterocycles. The van der Waals surface area contributed by atoms with Gasteiger partial charge >= 0.3 is 0 Å². The maximum Gasteiger partial charge on any atom is 0.0270 e. The predicted octanol–water partition coefficient (Wildman–Crippen LogP) is 2.44. The Hall–Kier alpha value is -0.0800. The molecule has 1 aromatic heterocycles. The van der Waals surface area contributed by atoms with E-state index in [4.69, 9.17) is 11.6 Å². The number of rotatable bonds is 2. The van der Waals surface area contributed by atoms with Gasteiger partial charge in [0, 0.05) is 18.3 Å². The monoisotopic (exact) mass is 221 g/mol. The molecule has 1 rings (SSSR count). The van der Waals surface area contributed by atoms with Gasteiger partial charge in [-0.15, -0.1) is 28.6 Å². The van der Waals surface area contributed by atoms with E-state index in [0.29, 0.717) is 5.88 Å². The Kier molecular flexibility index (Phi) is 5.64. The summed E-state index contributed by atoms with van der Waals surface area (Å²) in [7, 11) is 0. The summed E-state index contributed by atoms with van der Waals surface area (Å²) in [6.45, 7) is 0. The van der Waals surface area contributed by atoms with E-state index < -0.39 is 0 Å². The van der Waals surface area contributed by atoms with Gasteiger partial charge in [-0.25, -0.2) is 0 Å². The van der Waals surface area contributed by atoms with E-state index >= 15 is 0 Å². The van der Waals surface area contributed by atoms with E-state index in [-0.39, 0.29) is 17.0 Å². The van der Waals surface area contributed by atoms with Crippen LogP contribution in [0.25, 0.3) is 0 Å². The Morgan fingerprint density at radius 2 is 1.90 bits per heavy atom. The number of hydrogen-bond donors (Lipinski definition) is 0. The Balaban J connectivity index is 0.000000810. The third-order valence-electron chi connectivity index (χ3n) is 1.13. The highest BCUT2D eigenvalue weighted by Crippen LogP contribution is 1.97. The molecular formula is C7H9BrClN. The fourth-order valence-corrected chi connectivity index (χ4v) is 0.877. The Morgan fingerprint density at radius 1 is 1.30 bits per heavy atom. The highest BCUT2D eigenvalue weighted by atomic mass is 79.9. The zero-order valence-electron chi connectivity index (χ0n) is 5.46. The van der Waals surface area contributed by atoms with Crippen molar-refractivity contribution in [1.82, 2.24) is 4.98 Å². The maximum atomic E-state index is 5.52. The number of pyridine rings is 1. The van der Waals surface area contributed by atoms with Crippen molar-refractivity contribution in [3.63, 3.8) is 0 Å². The van der Waals surface area contributed by atoms with Crippen LogP contribution in [0.3, 0.4) is 0 Å². The summed E-state index contributed by atoms with van der Waals surface area (Å²) in [5.74, 6) is 0.685. The summed E-state index contributed by atoms with van der Waals surface area (Å²) in [4.78, 5) is 3.88. The topological polar surface area (TPSA) is 12.9 Å². The number of aryl methyl sites for hydroxylation is 1. The first-order valence-electron chi connectivity index (χ1n) is 2.88. The first-order chi connectivity index (χ1) is 4.43. The Bertz CT molecular complexity index is 167. The van der Waals surface area contributed by atoms with E-state index in [0.717, 1.165) is 6.42 Å². The Labute approximate surface area is 76.2 Å². The largest absolute Gasteiger partial charge is 0.265 e. The molecule has 0 saturated carbocycles. The number of nitrogens with zero attached hydrogens (tertiary/aromatic N) is 1. The van der Waals surface area contributed by atoms with Gasteiger partial charge in [0.2, 0.25) is 0 Å². The Morgan fingerprint density at radius 3 is 2.40 bits per heavy atom. The average molecular weight is 223 g/mol. The van der Waals surface area contributed by atoms with E-state index in [1.807, 2.05) is 12.1 Å². The number of aromatic nitrogens is 1. The zero-order valence-corrected chi connectivity index (χ0v) is 7.93. The van der Waals surface area contributed by atoms with Crippen molar-refractivity contribution in [3.05, 3.63) is 30.1 Å². The molecule has 0 radical (unpaired) electrons. The summed E-state index contributed by atoms with van der Waals surface area (Å²) < 4.78 is 0. The molecule has 1 aromatic rings. The molecule has 56 valence electrons. The smallest absolute Gasteiger partial charge is 0.0270 e. The second kappa shape index (κ2) is 5.69. The molecule has 0 aliphatic rings. The minimum atomic E-state index is 0. The highest BCUT2D eigenvalue weighted by Gasteiger charge is 1.86. The first-order valence-corrected chi connectivity index (χ1v) is 3.42. The first kappa shape index (κ1) is 9.92. The predicted molar refractivity (Wildman–Crippen MR) is 49.0 cm³/mol. The summed E-state index contributed by atoms with van der Waals surface area (Å²) >= 11 is 5.52. The third-order valence-corrected chi connectivity index (χ3v) is 1.32. The lowest BCUT2D eigenvalue weighted by molar-refractivity contribution is 1.13. The van der Waals surface area contributed by atoms with E-state index in [1.54, 1.807) is 12.4 Å². The second-order valence-corrected chi connectivity index (χ2v) is 2.17. The van der Waals surface area contributed by atoms with Gasteiger partial charge in [-0.05, 0) is 24.1 Å². The van der Waals surface area contributed by atoms with E-state index in [1.165, 1.54) is 5.56 Å². The second-order valence-electron chi connectivity index (χ2n) is 1.79. The van der Waals surface area contributed by atoms with Crippen molar-refractivity contribution in [2.45, 2.75) is 6.42 Å². The minimum absolute atomic E-state index is 0. The standard InChI is InChI=1S/C7H8ClN.BrH/c8-4-1-7-2-5-9-6-3-7;/h2-3,5-6H,1,4H2;1H. The van der Waals surface area contributed by atoms with Crippen LogP contribution in [0.5, 0.6) is 0 Å².